The van der Waals surface area contributed by atoms with Crippen LogP contribution in [0.2, 0.25) is 0 Å². The molecule has 0 amide bonds. The fourth-order valence-corrected chi connectivity index (χ4v) is 1.82. The van der Waals surface area contributed by atoms with E-state index in [-0.39, 0.29) is 12.0 Å². The number of hydrogen-bond acceptors (Lipinski definition) is 3. The second-order valence-electron chi connectivity index (χ2n) is 4.15. The van der Waals surface area contributed by atoms with Gasteiger partial charge in [0, 0.05) is 13.0 Å². The van der Waals surface area contributed by atoms with Crippen molar-refractivity contribution in [2.45, 2.75) is 26.0 Å². The number of hydrogen-bond donors (Lipinski definition) is 1. The first kappa shape index (κ1) is 11.3. The van der Waals surface area contributed by atoms with Crippen LogP contribution in [0, 0.1) is 0 Å². The molecule has 1 aliphatic rings. The Morgan fingerprint density at radius 1 is 1.44 bits per heavy atom. The Labute approximate surface area is 95.8 Å². The smallest absolute Gasteiger partial charge is 0.134 e. The average molecular weight is 219 g/mol. The van der Waals surface area contributed by atoms with Crippen molar-refractivity contribution in [3.05, 3.63) is 35.4 Å². The first-order chi connectivity index (χ1) is 7.75. The number of Topliss-reactive ketones (excluding diaryl/α,β-unsaturated/α-hetero) is 1. The van der Waals surface area contributed by atoms with Crippen molar-refractivity contribution in [3.63, 3.8) is 0 Å². The summed E-state index contributed by atoms with van der Waals surface area (Å²) in [4.78, 5) is 10.9. The summed E-state index contributed by atoms with van der Waals surface area (Å²) in [6.45, 7) is 3.32. The Hall–Kier alpha value is -1.19. The van der Waals surface area contributed by atoms with Gasteiger partial charge >= 0.3 is 0 Å². The van der Waals surface area contributed by atoms with Crippen molar-refractivity contribution in [2.24, 2.45) is 0 Å². The maximum Gasteiger partial charge on any atom is 0.134 e. The van der Waals surface area contributed by atoms with Crippen LogP contribution in [0.4, 0.5) is 0 Å². The van der Waals surface area contributed by atoms with Gasteiger partial charge in [-0.2, -0.15) is 0 Å². The van der Waals surface area contributed by atoms with Crippen LogP contribution in [-0.2, 0) is 16.0 Å². The van der Waals surface area contributed by atoms with Crippen LogP contribution in [0.25, 0.3) is 0 Å². The third kappa shape index (κ3) is 2.90. The molecule has 1 saturated heterocycles. The first-order valence-corrected chi connectivity index (χ1v) is 5.69. The second-order valence-corrected chi connectivity index (χ2v) is 4.15. The SMILES string of the molecule is CC(=O)CCc1ccc(C2NCCO2)cc1. The van der Waals surface area contributed by atoms with E-state index >= 15 is 0 Å². The maximum atomic E-state index is 10.9. The lowest BCUT2D eigenvalue weighted by Crippen LogP contribution is -2.13. The fraction of sp³-hybridized carbons (Fsp3) is 0.462. The molecule has 0 aliphatic carbocycles. The number of aryl methyl sites for hydroxylation is 1. The van der Waals surface area contributed by atoms with Crippen LogP contribution in [0.1, 0.15) is 30.7 Å². The molecule has 0 bridgehead atoms. The van der Waals surface area contributed by atoms with Gasteiger partial charge in [0.15, 0.2) is 0 Å². The summed E-state index contributed by atoms with van der Waals surface area (Å²) < 4.78 is 5.51. The largest absolute Gasteiger partial charge is 0.358 e. The highest BCUT2D eigenvalue weighted by Gasteiger charge is 2.15. The summed E-state index contributed by atoms with van der Waals surface area (Å²) in [7, 11) is 0. The molecule has 0 radical (unpaired) electrons. The van der Waals surface area contributed by atoms with Crippen LogP contribution in [0.3, 0.4) is 0 Å². The Balaban J connectivity index is 1.95. The van der Waals surface area contributed by atoms with Gasteiger partial charge in [0.2, 0.25) is 0 Å². The zero-order chi connectivity index (χ0) is 11.4. The normalized spacial score (nSPS) is 19.9. The summed E-state index contributed by atoms with van der Waals surface area (Å²) >= 11 is 0. The number of ether oxygens (including phenoxy) is 1. The number of rotatable bonds is 4. The molecular weight excluding hydrogens is 202 g/mol. The molecule has 86 valence electrons. The number of nitrogens with one attached hydrogen (secondary N) is 1. The Morgan fingerprint density at radius 3 is 2.75 bits per heavy atom. The molecule has 1 fully saturated rings. The van der Waals surface area contributed by atoms with Gasteiger partial charge in [0.25, 0.3) is 0 Å². The molecule has 2 rings (SSSR count). The van der Waals surface area contributed by atoms with Crippen molar-refractivity contribution >= 4 is 5.78 Å². The van der Waals surface area contributed by atoms with E-state index in [0.717, 1.165) is 25.1 Å². The van der Waals surface area contributed by atoms with Crippen LogP contribution < -0.4 is 5.32 Å². The van der Waals surface area contributed by atoms with Gasteiger partial charge in [-0.25, -0.2) is 0 Å². The third-order valence-corrected chi connectivity index (χ3v) is 2.76. The van der Waals surface area contributed by atoms with Crippen LogP contribution in [-0.4, -0.2) is 18.9 Å². The zero-order valence-corrected chi connectivity index (χ0v) is 9.53. The molecule has 1 unspecified atom stereocenters. The molecule has 1 N–H and O–H groups in total. The quantitative estimate of drug-likeness (QED) is 0.839. The average Bonchev–Trinajstić information content (AvgIpc) is 2.80. The lowest BCUT2D eigenvalue weighted by molar-refractivity contribution is -0.116. The van der Waals surface area contributed by atoms with Crippen molar-refractivity contribution in [1.29, 1.82) is 0 Å². The molecule has 0 spiro atoms. The number of ketones is 1. The third-order valence-electron chi connectivity index (χ3n) is 2.76. The van der Waals surface area contributed by atoms with E-state index in [1.165, 1.54) is 5.56 Å². The van der Waals surface area contributed by atoms with E-state index in [0.29, 0.717) is 6.42 Å². The molecule has 1 aromatic rings. The molecule has 1 heterocycles. The fourth-order valence-electron chi connectivity index (χ4n) is 1.82. The van der Waals surface area contributed by atoms with Crippen LogP contribution in [0.15, 0.2) is 24.3 Å². The molecule has 0 saturated carbocycles. The van der Waals surface area contributed by atoms with Gasteiger partial charge in [-0.1, -0.05) is 24.3 Å². The first-order valence-electron chi connectivity index (χ1n) is 5.69. The standard InChI is InChI=1S/C13H17NO2/c1-10(15)2-3-11-4-6-12(7-5-11)13-14-8-9-16-13/h4-7,13-14H,2-3,8-9H2,1H3. The topological polar surface area (TPSA) is 38.3 Å². The van der Waals surface area contributed by atoms with E-state index in [1.54, 1.807) is 6.92 Å². The highest BCUT2D eigenvalue weighted by atomic mass is 16.5. The summed E-state index contributed by atoms with van der Waals surface area (Å²) in [6.07, 6.45) is 1.49. The summed E-state index contributed by atoms with van der Waals surface area (Å²) in [5.74, 6) is 0.241. The summed E-state index contributed by atoms with van der Waals surface area (Å²) in [5.41, 5.74) is 2.36. The zero-order valence-electron chi connectivity index (χ0n) is 9.53. The highest BCUT2D eigenvalue weighted by Crippen LogP contribution is 2.18. The lowest BCUT2D eigenvalue weighted by Gasteiger charge is -2.10. The minimum absolute atomic E-state index is 0.0434. The predicted molar refractivity (Wildman–Crippen MR) is 62.1 cm³/mol. The number of carbonyl (C=O) groups is 1. The minimum Gasteiger partial charge on any atom is -0.358 e. The Morgan fingerprint density at radius 2 is 2.19 bits per heavy atom. The van der Waals surface area contributed by atoms with Crippen molar-refractivity contribution in [1.82, 2.24) is 5.32 Å². The lowest BCUT2D eigenvalue weighted by atomic mass is 10.1. The van der Waals surface area contributed by atoms with Gasteiger partial charge in [-0.05, 0) is 24.5 Å². The number of benzene rings is 1. The Kier molecular flexibility index (Phi) is 3.70. The molecule has 3 heteroatoms. The van der Waals surface area contributed by atoms with Gasteiger partial charge in [0.1, 0.15) is 12.0 Å². The molecule has 3 nitrogen and oxygen atoms in total. The molecule has 1 aliphatic heterocycles. The number of carbonyl (C=O) groups excluding carboxylic acids is 1. The summed E-state index contributed by atoms with van der Waals surface area (Å²) in [6, 6.07) is 8.28. The van der Waals surface area contributed by atoms with E-state index in [2.05, 4.69) is 29.6 Å². The monoisotopic (exact) mass is 219 g/mol. The summed E-state index contributed by atoms with van der Waals surface area (Å²) in [5, 5.41) is 3.27. The van der Waals surface area contributed by atoms with Crippen molar-refractivity contribution in [2.75, 3.05) is 13.2 Å². The van der Waals surface area contributed by atoms with E-state index in [9.17, 15) is 4.79 Å². The van der Waals surface area contributed by atoms with E-state index < -0.39 is 0 Å². The van der Waals surface area contributed by atoms with Gasteiger partial charge in [-0.3, -0.25) is 5.32 Å². The second kappa shape index (κ2) is 5.23. The molecular formula is C13H17NO2. The van der Waals surface area contributed by atoms with Crippen molar-refractivity contribution < 1.29 is 9.53 Å². The van der Waals surface area contributed by atoms with Gasteiger partial charge in [-0.15, -0.1) is 0 Å². The predicted octanol–water partition coefficient (Wildman–Crippen LogP) is 1.83. The minimum atomic E-state index is 0.0434. The highest BCUT2D eigenvalue weighted by molar-refractivity contribution is 5.75. The van der Waals surface area contributed by atoms with E-state index in [4.69, 9.17) is 4.74 Å². The molecule has 16 heavy (non-hydrogen) atoms. The van der Waals surface area contributed by atoms with Crippen LogP contribution in [0.5, 0.6) is 0 Å². The van der Waals surface area contributed by atoms with Crippen molar-refractivity contribution in [3.8, 4) is 0 Å². The van der Waals surface area contributed by atoms with Gasteiger partial charge < -0.3 is 9.53 Å². The van der Waals surface area contributed by atoms with Gasteiger partial charge in [0.05, 0.1) is 6.61 Å². The Bertz CT molecular complexity index is 353. The van der Waals surface area contributed by atoms with Crippen LogP contribution >= 0.6 is 0 Å². The molecule has 1 aromatic carbocycles. The molecule has 1 atom stereocenters. The maximum absolute atomic E-state index is 10.9. The molecule has 0 aromatic heterocycles. The van der Waals surface area contributed by atoms with E-state index in [1.807, 2.05) is 0 Å².